The van der Waals surface area contributed by atoms with Gasteiger partial charge in [0.25, 0.3) is 0 Å². The molecule has 2 nitrogen and oxygen atoms in total. The Labute approximate surface area is 104 Å². The van der Waals surface area contributed by atoms with Gasteiger partial charge < -0.3 is 5.32 Å². The first-order chi connectivity index (χ1) is 8.33. The van der Waals surface area contributed by atoms with Gasteiger partial charge in [0.05, 0.1) is 12.5 Å². The van der Waals surface area contributed by atoms with Crippen LogP contribution in [0.3, 0.4) is 0 Å². The summed E-state index contributed by atoms with van der Waals surface area (Å²) >= 11 is 0. The fraction of sp³-hybridized carbons (Fsp3) is 0.533. The summed E-state index contributed by atoms with van der Waals surface area (Å²) in [6, 6.07) is 11.5. The molecule has 1 fully saturated rings. The molecule has 0 aromatic heterocycles. The molecule has 0 amide bonds. The van der Waals surface area contributed by atoms with Crippen molar-refractivity contribution >= 4 is 0 Å². The highest BCUT2D eigenvalue weighted by molar-refractivity contribution is 5.28. The summed E-state index contributed by atoms with van der Waals surface area (Å²) in [7, 11) is 0. The molecular formula is C15H20N2. The highest BCUT2D eigenvalue weighted by Gasteiger charge is 2.22. The molecule has 2 heteroatoms. The average molecular weight is 228 g/mol. The van der Waals surface area contributed by atoms with Crippen molar-refractivity contribution in [2.45, 2.75) is 51.1 Å². The van der Waals surface area contributed by atoms with Gasteiger partial charge in [-0.25, -0.2) is 0 Å². The molecule has 0 radical (unpaired) electrons. The summed E-state index contributed by atoms with van der Waals surface area (Å²) in [5.74, 6) is 0.832. The average Bonchev–Trinajstić information content (AvgIpc) is 3.19. The van der Waals surface area contributed by atoms with Gasteiger partial charge in [0.2, 0.25) is 0 Å². The minimum atomic E-state index is 0.322. The van der Waals surface area contributed by atoms with E-state index in [-0.39, 0.29) is 0 Å². The molecule has 1 aromatic rings. The van der Waals surface area contributed by atoms with Crippen LogP contribution in [0.5, 0.6) is 0 Å². The molecule has 0 heterocycles. The normalized spacial score (nSPS) is 16.5. The van der Waals surface area contributed by atoms with Crippen LogP contribution in [0.2, 0.25) is 0 Å². The van der Waals surface area contributed by atoms with Crippen molar-refractivity contribution in [3.8, 4) is 6.07 Å². The van der Waals surface area contributed by atoms with E-state index in [1.54, 1.807) is 0 Å². The van der Waals surface area contributed by atoms with E-state index in [1.165, 1.54) is 24.0 Å². The second-order valence-electron chi connectivity index (χ2n) is 4.86. The summed E-state index contributed by atoms with van der Waals surface area (Å²) in [4.78, 5) is 0. The summed E-state index contributed by atoms with van der Waals surface area (Å²) < 4.78 is 0. The lowest BCUT2D eigenvalue weighted by molar-refractivity contribution is 0.505. The zero-order valence-electron chi connectivity index (χ0n) is 10.4. The van der Waals surface area contributed by atoms with E-state index in [1.807, 2.05) is 0 Å². The lowest BCUT2D eigenvalue weighted by atomic mass is 10.1. The Morgan fingerprint density at radius 2 is 2.06 bits per heavy atom. The molecule has 0 spiro atoms. The molecule has 2 rings (SSSR count). The zero-order chi connectivity index (χ0) is 12.1. The van der Waals surface area contributed by atoms with Gasteiger partial charge in [0.15, 0.2) is 0 Å². The van der Waals surface area contributed by atoms with Crippen molar-refractivity contribution in [3.05, 3.63) is 35.4 Å². The number of hydrogen-bond donors (Lipinski definition) is 1. The molecule has 1 aliphatic carbocycles. The third-order valence-corrected chi connectivity index (χ3v) is 3.45. The van der Waals surface area contributed by atoms with Crippen LogP contribution in [-0.2, 0) is 6.54 Å². The maximum Gasteiger partial charge on any atom is 0.0638 e. The molecule has 1 aliphatic rings. The number of rotatable bonds is 6. The third-order valence-electron chi connectivity index (χ3n) is 3.45. The van der Waals surface area contributed by atoms with Crippen molar-refractivity contribution in [2.24, 2.45) is 0 Å². The first-order valence-electron chi connectivity index (χ1n) is 6.52. The van der Waals surface area contributed by atoms with E-state index in [4.69, 9.17) is 5.26 Å². The maximum absolute atomic E-state index is 8.68. The van der Waals surface area contributed by atoms with Gasteiger partial charge in [0, 0.05) is 12.6 Å². The Bertz CT molecular complexity index is 384. The smallest absolute Gasteiger partial charge is 0.0638 e. The molecule has 0 aliphatic heterocycles. The summed E-state index contributed by atoms with van der Waals surface area (Å²) in [6.45, 7) is 2.98. The van der Waals surface area contributed by atoms with Gasteiger partial charge in [-0.15, -0.1) is 0 Å². The summed E-state index contributed by atoms with van der Waals surface area (Å²) in [5, 5.41) is 12.1. The van der Waals surface area contributed by atoms with Crippen molar-refractivity contribution < 1.29 is 0 Å². The van der Waals surface area contributed by atoms with Crippen LogP contribution in [0.25, 0.3) is 0 Å². The number of nitriles is 1. The number of benzene rings is 1. The predicted octanol–water partition coefficient (Wildman–Crippen LogP) is 3.35. The molecule has 1 atom stereocenters. The standard InChI is InChI=1S/C15H20N2/c1-2-15(9-10-16)17-11-12-3-5-13(6-4-12)14-7-8-14/h3-6,14-15,17H,2,7-9,11H2,1H3. The van der Waals surface area contributed by atoms with Crippen LogP contribution in [0.15, 0.2) is 24.3 Å². The van der Waals surface area contributed by atoms with Gasteiger partial charge >= 0.3 is 0 Å². The number of nitrogens with zero attached hydrogens (tertiary/aromatic N) is 1. The van der Waals surface area contributed by atoms with Crippen LogP contribution in [0, 0.1) is 11.3 Å². The Hall–Kier alpha value is -1.33. The van der Waals surface area contributed by atoms with E-state index in [2.05, 4.69) is 42.6 Å². The van der Waals surface area contributed by atoms with E-state index in [0.29, 0.717) is 12.5 Å². The second kappa shape index (κ2) is 5.84. The second-order valence-corrected chi connectivity index (χ2v) is 4.86. The molecule has 17 heavy (non-hydrogen) atoms. The number of nitrogens with one attached hydrogen (secondary N) is 1. The van der Waals surface area contributed by atoms with Crippen LogP contribution in [0.1, 0.15) is 49.7 Å². The highest BCUT2D eigenvalue weighted by atomic mass is 14.9. The maximum atomic E-state index is 8.68. The molecule has 1 N–H and O–H groups in total. The molecular weight excluding hydrogens is 208 g/mol. The van der Waals surface area contributed by atoms with Crippen molar-refractivity contribution in [1.29, 1.82) is 5.26 Å². The lowest BCUT2D eigenvalue weighted by Gasteiger charge is -2.13. The SMILES string of the molecule is CCC(CC#N)NCc1ccc(C2CC2)cc1. The van der Waals surface area contributed by atoms with Gasteiger partial charge in [0.1, 0.15) is 0 Å². The molecule has 1 unspecified atom stereocenters. The molecule has 0 saturated heterocycles. The van der Waals surface area contributed by atoms with E-state index in [9.17, 15) is 0 Å². The predicted molar refractivity (Wildman–Crippen MR) is 69.6 cm³/mol. The fourth-order valence-electron chi connectivity index (χ4n) is 2.06. The van der Waals surface area contributed by atoms with Crippen molar-refractivity contribution in [3.63, 3.8) is 0 Å². The Morgan fingerprint density at radius 3 is 2.59 bits per heavy atom. The summed E-state index contributed by atoms with van der Waals surface area (Å²) in [6.07, 6.45) is 4.32. The largest absolute Gasteiger partial charge is 0.309 e. The minimum Gasteiger partial charge on any atom is -0.309 e. The van der Waals surface area contributed by atoms with E-state index in [0.717, 1.165) is 18.9 Å². The summed E-state index contributed by atoms with van der Waals surface area (Å²) in [5.41, 5.74) is 2.80. The topological polar surface area (TPSA) is 35.8 Å². The van der Waals surface area contributed by atoms with Crippen LogP contribution in [0.4, 0.5) is 0 Å². The van der Waals surface area contributed by atoms with Gasteiger partial charge in [-0.05, 0) is 36.3 Å². The monoisotopic (exact) mass is 228 g/mol. The van der Waals surface area contributed by atoms with E-state index < -0.39 is 0 Å². The van der Waals surface area contributed by atoms with Gasteiger partial charge in [-0.3, -0.25) is 0 Å². The highest BCUT2D eigenvalue weighted by Crippen LogP contribution is 2.39. The molecule has 0 bridgehead atoms. The van der Waals surface area contributed by atoms with Crippen molar-refractivity contribution in [1.82, 2.24) is 5.32 Å². The molecule has 1 aromatic carbocycles. The first-order valence-corrected chi connectivity index (χ1v) is 6.52. The quantitative estimate of drug-likeness (QED) is 0.810. The zero-order valence-corrected chi connectivity index (χ0v) is 10.4. The van der Waals surface area contributed by atoms with Gasteiger partial charge in [-0.2, -0.15) is 5.26 Å². The van der Waals surface area contributed by atoms with Crippen LogP contribution >= 0.6 is 0 Å². The van der Waals surface area contributed by atoms with Gasteiger partial charge in [-0.1, -0.05) is 31.2 Å². The van der Waals surface area contributed by atoms with Crippen LogP contribution < -0.4 is 5.32 Å². The van der Waals surface area contributed by atoms with Crippen molar-refractivity contribution in [2.75, 3.05) is 0 Å². The molecule has 1 saturated carbocycles. The third kappa shape index (κ3) is 3.57. The fourth-order valence-corrected chi connectivity index (χ4v) is 2.06. The lowest BCUT2D eigenvalue weighted by Crippen LogP contribution is -2.27. The Kier molecular flexibility index (Phi) is 4.17. The Morgan fingerprint density at radius 1 is 1.35 bits per heavy atom. The van der Waals surface area contributed by atoms with Crippen LogP contribution in [-0.4, -0.2) is 6.04 Å². The van der Waals surface area contributed by atoms with E-state index >= 15 is 0 Å². The Balaban J connectivity index is 1.83. The first kappa shape index (κ1) is 12.1. The minimum absolute atomic E-state index is 0.322. The molecule has 90 valence electrons. The number of hydrogen-bond acceptors (Lipinski definition) is 2.